The smallest absolute Gasteiger partial charge is 0.310 e. The molecule has 0 atom stereocenters. The highest BCUT2D eigenvalue weighted by atomic mass is 32.1. The quantitative estimate of drug-likeness (QED) is 0.887. The van der Waals surface area contributed by atoms with Crippen molar-refractivity contribution >= 4 is 28.3 Å². The molecule has 1 amide bonds. The van der Waals surface area contributed by atoms with Crippen LogP contribution in [0.4, 0.5) is 5.13 Å². The van der Waals surface area contributed by atoms with Crippen LogP contribution in [-0.4, -0.2) is 27.2 Å². The second kappa shape index (κ2) is 5.57. The van der Waals surface area contributed by atoms with E-state index in [9.17, 15) is 9.59 Å². The van der Waals surface area contributed by atoms with Crippen LogP contribution in [0.25, 0.3) is 0 Å². The number of carbonyl (C=O) groups excluding carboxylic acids is 1. The number of aliphatic carboxylic acids is 1. The van der Waals surface area contributed by atoms with Crippen LogP contribution in [0.1, 0.15) is 20.9 Å². The molecule has 0 saturated carbocycles. The highest BCUT2D eigenvalue weighted by Gasteiger charge is 2.13. The molecule has 0 fully saturated rings. The molecule has 0 unspecified atom stereocenters. The minimum absolute atomic E-state index is 0.197. The third kappa shape index (κ3) is 3.35. The second-order valence-electron chi connectivity index (χ2n) is 3.84. The first-order valence-electron chi connectivity index (χ1n) is 5.47. The number of anilines is 1. The standard InChI is InChI=1S/C12H11N3O3S/c1-7-4-2-3-5-8(7)11(18)13-12-15-14-9(19-12)6-10(16)17/h2-5H,6H2,1H3,(H,16,17)(H,13,15,18). The average molecular weight is 277 g/mol. The summed E-state index contributed by atoms with van der Waals surface area (Å²) in [6.07, 6.45) is -0.197. The Morgan fingerprint density at radius 1 is 1.32 bits per heavy atom. The summed E-state index contributed by atoms with van der Waals surface area (Å²) in [6, 6.07) is 7.18. The van der Waals surface area contributed by atoms with Gasteiger partial charge in [-0.05, 0) is 18.6 Å². The summed E-state index contributed by atoms with van der Waals surface area (Å²) in [7, 11) is 0. The number of rotatable bonds is 4. The molecule has 0 saturated heterocycles. The Bertz CT molecular complexity index is 624. The van der Waals surface area contributed by atoms with Gasteiger partial charge in [0.25, 0.3) is 5.91 Å². The molecule has 0 aliphatic rings. The molecule has 1 aromatic carbocycles. The number of hydrogen-bond acceptors (Lipinski definition) is 5. The number of carboxylic acids is 1. The van der Waals surface area contributed by atoms with E-state index in [0.717, 1.165) is 16.9 Å². The monoisotopic (exact) mass is 277 g/mol. The van der Waals surface area contributed by atoms with E-state index in [1.165, 1.54) is 0 Å². The van der Waals surface area contributed by atoms with Gasteiger partial charge in [0.15, 0.2) is 0 Å². The van der Waals surface area contributed by atoms with Crippen molar-refractivity contribution in [2.24, 2.45) is 0 Å². The number of carbonyl (C=O) groups is 2. The second-order valence-corrected chi connectivity index (χ2v) is 4.90. The maximum Gasteiger partial charge on any atom is 0.310 e. The Hall–Kier alpha value is -2.28. The van der Waals surface area contributed by atoms with Crippen molar-refractivity contribution in [3.8, 4) is 0 Å². The van der Waals surface area contributed by atoms with E-state index in [2.05, 4.69) is 15.5 Å². The molecule has 2 N–H and O–H groups in total. The Balaban J connectivity index is 2.09. The van der Waals surface area contributed by atoms with Crippen LogP contribution in [-0.2, 0) is 11.2 Å². The van der Waals surface area contributed by atoms with Crippen molar-refractivity contribution in [2.45, 2.75) is 13.3 Å². The normalized spacial score (nSPS) is 10.2. The molecule has 0 aliphatic carbocycles. The van der Waals surface area contributed by atoms with Gasteiger partial charge < -0.3 is 5.11 Å². The van der Waals surface area contributed by atoms with Crippen LogP contribution in [0.2, 0.25) is 0 Å². The number of aryl methyl sites for hydroxylation is 1. The SMILES string of the molecule is Cc1ccccc1C(=O)Nc1nnc(CC(=O)O)s1. The number of benzene rings is 1. The molecule has 2 aromatic rings. The van der Waals surface area contributed by atoms with E-state index in [4.69, 9.17) is 5.11 Å². The molecular formula is C12H11N3O3S. The maximum absolute atomic E-state index is 12.0. The van der Waals surface area contributed by atoms with E-state index >= 15 is 0 Å². The van der Waals surface area contributed by atoms with Gasteiger partial charge in [-0.25, -0.2) is 0 Å². The number of aromatic nitrogens is 2. The highest BCUT2D eigenvalue weighted by molar-refractivity contribution is 7.15. The van der Waals surface area contributed by atoms with Crippen LogP contribution < -0.4 is 5.32 Å². The molecule has 1 aromatic heterocycles. The molecule has 0 bridgehead atoms. The van der Waals surface area contributed by atoms with Crippen LogP contribution in [0.3, 0.4) is 0 Å². The fourth-order valence-electron chi connectivity index (χ4n) is 1.50. The number of amides is 1. The summed E-state index contributed by atoms with van der Waals surface area (Å²) >= 11 is 1.06. The van der Waals surface area contributed by atoms with Gasteiger partial charge in [0.1, 0.15) is 5.01 Å². The molecule has 6 nitrogen and oxygen atoms in total. The molecule has 7 heteroatoms. The minimum atomic E-state index is -0.979. The van der Waals surface area contributed by atoms with Gasteiger partial charge in [0.05, 0.1) is 6.42 Å². The number of nitrogens with zero attached hydrogens (tertiary/aromatic N) is 2. The maximum atomic E-state index is 12.0. The number of carboxylic acid groups (broad SMARTS) is 1. The zero-order valence-electron chi connectivity index (χ0n) is 10.1. The van der Waals surface area contributed by atoms with Crippen LogP contribution in [0.15, 0.2) is 24.3 Å². The molecule has 19 heavy (non-hydrogen) atoms. The zero-order valence-corrected chi connectivity index (χ0v) is 10.9. The summed E-state index contributed by atoms with van der Waals surface area (Å²) in [5, 5.41) is 19.3. The fraction of sp³-hybridized carbons (Fsp3) is 0.167. The molecule has 0 spiro atoms. The van der Waals surface area contributed by atoms with Crippen molar-refractivity contribution in [1.29, 1.82) is 0 Å². The topological polar surface area (TPSA) is 92.2 Å². The van der Waals surface area contributed by atoms with Crippen LogP contribution in [0, 0.1) is 6.92 Å². The van der Waals surface area contributed by atoms with E-state index in [1.54, 1.807) is 12.1 Å². The molecule has 0 aliphatic heterocycles. The first kappa shape index (κ1) is 13.2. The number of hydrogen-bond donors (Lipinski definition) is 2. The summed E-state index contributed by atoms with van der Waals surface area (Å²) < 4.78 is 0. The van der Waals surface area contributed by atoms with Crippen molar-refractivity contribution < 1.29 is 14.7 Å². The van der Waals surface area contributed by atoms with Gasteiger partial charge in [-0.2, -0.15) is 0 Å². The third-order valence-electron chi connectivity index (χ3n) is 2.38. The van der Waals surface area contributed by atoms with E-state index in [-0.39, 0.29) is 12.3 Å². The molecule has 98 valence electrons. The highest BCUT2D eigenvalue weighted by Crippen LogP contribution is 2.17. The van der Waals surface area contributed by atoms with E-state index < -0.39 is 5.97 Å². The molecular weight excluding hydrogens is 266 g/mol. The van der Waals surface area contributed by atoms with Gasteiger partial charge >= 0.3 is 5.97 Å². The molecule has 0 radical (unpaired) electrons. The van der Waals surface area contributed by atoms with Gasteiger partial charge in [-0.15, -0.1) is 10.2 Å². The Kier molecular flexibility index (Phi) is 3.86. The summed E-state index contributed by atoms with van der Waals surface area (Å²) in [5.41, 5.74) is 1.41. The first-order valence-corrected chi connectivity index (χ1v) is 6.29. The average Bonchev–Trinajstić information content (AvgIpc) is 2.76. The fourth-order valence-corrected chi connectivity index (χ4v) is 2.22. The number of nitrogens with one attached hydrogen (secondary N) is 1. The van der Waals surface area contributed by atoms with Crippen LogP contribution in [0.5, 0.6) is 0 Å². The lowest BCUT2D eigenvalue weighted by molar-refractivity contribution is -0.136. The summed E-state index contributed by atoms with van der Waals surface area (Å²) in [6.45, 7) is 1.84. The lowest BCUT2D eigenvalue weighted by atomic mass is 10.1. The zero-order chi connectivity index (χ0) is 13.8. The van der Waals surface area contributed by atoms with Gasteiger partial charge in [-0.1, -0.05) is 29.5 Å². The lowest BCUT2D eigenvalue weighted by Crippen LogP contribution is -2.12. The van der Waals surface area contributed by atoms with Gasteiger partial charge in [0, 0.05) is 5.56 Å². The predicted molar refractivity (Wildman–Crippen MR) is 70.4 cm³/mol. The first-order chi connectivity index (χ1) is 9.06. The molecule has 1 heterocycles. The third-order valence-corrected chi connectivity index (χ3v) is 3.22. The van der Waals surface area contributed by atoms with Crippen LogP contribution >= 0.6 is 11.3 Å². The predicted octanol–water partition coefficient (Wildman–Crippen LogP) is 1.73. The lowest BCUT2D eigenvalue weighted by Gasteiger charge is -2.03. The van der Waals surface area contributed by atoms with Gasteiger partial charge in [0.2, 0.25) is 5.13 Å². The summed E-state index contributed by atoms with van der Waals surface area (Å²) in [4.78, 5) is 22.5. The Morgan fingerprint density at radius 2 is 2.05 bits per heavy atom. The van der Waals surface area contributed by atoms with Crippen molar-refractivity contribution in [2.75, 3.05) is 5.32 Å². The van der Waals surface area contributed by atoms with Crippen molar-refractivity contribution in [3.05, 3.63) is 40.4 Å². The van der Waals surface area contributed by atoms with E-state index in [0.29, 0.717) is 15.7 Å². The minimum Gasteiger partial charge on any atom is -0.481 e. The van der Waals surface area contributed by atoms with Crippen molar-refractivity contribution in [1.82, 2.24) is 10.2 Å². The van der Waals surface area contributed by atoms with E-state index in [1.807, 2.05) is 19.1 Å². The Labute approximate surface area is 113 Å². The molecule has 2 rings (SSSR count). The largest absolute Gasteiger partial charge is 0.481 e. The van der Waals surface area contributed by atoms with Crippen molar-refractivity contribution in [3.63, 3.8) is 0 Å². The summed E-state index contributed by atoms with van der Waals surface area (Å²) in [5.74, 6) is -1.26. The van der Waals surface area contributed by atoms with Gasteiger partial charge in [-0.3, -0.25) is 14.9 Å². The Morgan fingerprint density at radius 3 is 2.74 bits per heavy atom.